The summed E-state index contributed by atoms with van der Waals surface area (Å²) in [6.07, 6.45) is 9.12. The fraction of sp³-hybridized carbons (Fsp3) is 0.647. The van der Waals surface area contributed by atoms with Gasteiger partial charge in [0.2, 0.25) is 0 Å². The zero-order chi connectivity index (χ0) is 15.9. The second-order valence-electron chi connectivity index (χ2n) is 5.34. The molecule has 0 saturated heterocycles. The molecule has 0 aliphatic rings. The van der Waals surface area contributed by atoms with E-state index < -0.39 is 0 Å². The number of aliphatic imine (C=N–C) groups is 1. The number of rotatable bonds is 11. The normalized spacial score (nSPS) is 11.3. The summed E-state index contributed by atoms with van der Waals surface area (Å²) < 4.78 is 0. The second kappa shape index (κ2) is 12.9. The molecule has 0 unspecified atom stereocenters. The van der Waals surface area contributed by atoms with Crippen LogP contribution in [0.5, 0.6) is 0 Å². The SMILES string of the molecule is CCCCCCNC(=NC)NCCCCNc1ccccn1. The van der Waals surface area contributed by atoms with E-state index >= 15 is 0 Å². The Morgan fingerprint density at radius 1 is 1.00 bits per heavy atom. The van der Waals surface area contributed by atoms with Gasteiger partial charge in [-0.15, -0.1) is 0 Å². The highest BCUT2D eigenvalue weighted by molar-refractivity contribution is 5.79. The summed E-state index contributed by atoms with van der Waals surface area (Å²) in [6, 6.07) is 5.91. The fourth-order valence-electron chi connectivity index (χ4n) is 2.12. The molecule has 5 nitrogen and oxygen atoms in total. The summed E-state index contributed by atoms with van der Waals surface area (Å²) >= 11 is 0. The molecule has 22 heavy (non-hydrogen) atoms. The Morgan fingerprint density at radius 2 is 1.73 bits per heavy atom. The number of nitrogens with zero attached hydrogens (tertiary/aromatic N) is 2. The lowest BCUT2D eigenvalue weighted by Gasteiger charge is -2.12. The van der Waals surface area contributed by atoms with E-state index in [1.807, 2.05) is 25.2 Å². The number of pyridine rings is 1. The molecule has 124 valence electrons. The zero-order valence-corrected chi connectivity index (χ0v) is 14.1. The monoisotopic (exact) mass is 305 g/mol. The van der Waals surface area contributed by atoms with Crippen molar-refractivity contribution < 1.29 is 0 Å². The molecule has 3 N–H and O–H groups in total. The number of hydrogen-bond acceptors (Lipinski definition) is 3. The lowest BCUT2D eigenvalue weighted by molar-refractivity contribution is 0.643. The van der Waals surface area contributed by atoms with Crippen molar-refractivity contribution in [2.45, 2.75) is 45.4 Å². The minimum Gasteiger partial charge on any atom is -0.370 e. The molecule has 1 heterocycles. The highest BCUT2D eigenvalue weighted by Crippen LogP contribution is 2.00. The van der Waals surface area contributed by atoms with Crippen molar-refractivity contribution in [2.75, 3.05) is 32.0 Å². The first kappa shape index (κ1) is 18.3. The summed E-state index contributed by atoms with van der Waals surface area (Å²) in [5.74, 6) is 1.86. The number of guanidine groups is 1. The van der Waals surface area contributed by atoms with Crippen LogP contribution in [0.2, 0.25) is 0 Å². The topological polar surface area (TPSA) is 61.3 Å². The van der Waals surface area contributed by atoms with E-state index in [0.29, 0.717) is 0 Å². The Hall–Kier alpha value is -1.78. The number of hydrogen-bond donors (Lipinski definition) is 3. The zero-order valence-electron chi connectivity index (χ0n) is 14.1. The van der Waals surface area contributed by atoms with Gasteiger partial charge in [0.05, 0.1) is 0 Å². The predicted octanol–water partition coefficient (Wildman–Crippen LogP) is 3.02. The number of anilines is 1. The van der Waals surface area contributed by atoms with Gasteiger partial charge in [0.25, 0.3) is 0 Å². The highest BCUT2D eigenvalue weighted by Gasteiger charge is 1.97. The summed E-state index contributed by atoms with van der Waals surface area (Å²) in [7, 11) is 1.82. The molecule has 0 fully saturated rings. The summed E-state index contributed by atoms with van der Waals surface area (Å²) in [5.41, 5.74) is 0. The maximum atomic E-state index is 4.24. The van der Waals surface area contributed by atoms with Crippen molar-refractivity contribution in [3.05, 3.63) is 24.4 Å². The van der Waals surface area contributed by atoms with E-state index in [-0.39, 0.29) is 0 Å². The van der Waals surface area contributed by atoms with Crippen LogP contribution in [0.1, 0.15) is 45.4 Å². The first-order chi connectivity index (χ1) is 10.9. The van der Waals surface area contributed by atoms with Crippen molar-refractivity contribution in [1.29, 1.82) is 0 Å². The summed E-state index contributed by atoms with van der Waals surface area (Å²) in [4.78, 5) is 8.48. The number of nitrogens with one attached hydrogen (secondary N) is 3. The van der Waals surface area contributed by atoms with Crippen molar-refractivity contribution in [3.8, 4) is 0 Å². The minimum atomic E-state index is 0.911. The van der Waals surface area contributed by atoms with Gasteiger partial charge in [-0.2, -0.15) is 0 Å². The van der Waals surface area contributed by atoms with E-state index in [1.54, 1.807) is 6.20 Å². The molecule has 5 heteroatoms. The third-order valence-electron chi connectivity index (χ3n) is 3.41. The van der Waals surface area contributed by atoms with E-state index in [9.17, 15) is 0 Å². The highest BCUT2D eigenvalue weighted by atomic mass is 15.2. The molecular weight excluding hydrogens is 274 g/mol. The van der Waals surface area contributed by atoms with Gasteiger partial charge in [-0.1, -0.05) is 32.3 Å². The van der Waals surface area contributed by atoms with Gasteiger partial charge in [-0.05, 0) is 31.4 Å². The van der Waals surface area contributed by atoms with Crippen LogP contribution in [-0.2, 0) is 0 Å². The van der Waals surface area contributed by atoms with Crippen LogP contribution in [0.3, 0.4) is 0 Å². The van der Waals surface area contributed by atoms with Crippen LogP contribution in [0.15, 0.2) is 29.4 Å². The molecular formula is C17H31N5. The van der Waals surface area contributed by atoms with Crippen LogP contribution >= 0.6 is 0 Å². The first-order valence-corrected chi connectivity index (χ1v) is 8.46. The molecule has 1 aromatic rings. The van der Waals surface area contributed by atoms with E-state index in [4.69, 9.17) is 0 Å². The Morgan fingerprint density at radius 3 is 2.36 bits per heavy atom. The van der Waals surface area contributed by atoms with Crippen LogP contribution in [0.25, 0.3) is 0 Å². The third kappa shape index (κ3) is 9.21. The van der Waals surface area contributed by atoms with Gasteiger partial charge in [0.15, 0.2) is 5.96 Å². The average molecular weight is 305 g/mol. The molecule has 1 aromatic heterocycles. The van der Waals surface area contributed by atoms with Gasteiger partial charge in [-0.25, -0.2) is 4.98 Å². The number of aromatic nitrogens is 1. The lowest BCUT2D eigenvalue weighted by atomic mass is 10.2. The minimum absolute atomic E-state index is 0.911. The van der Waals surface area contributed by atoms with Crippen LogP contribution in [0.4, 0.5) is 5.82 Å². The molecule has 0 spiro atoms. The molecule has 0 atom stereocenters. The summed E-state index contributed by atoms with van der Waals surface area (Å²) in [5, 5.41) is 10.0. The second-order valence-corrected chi connectivity index (χ2v) is 5.34. The average Bonchev–Trinajstić information content (AvgIpc) is 2.56. The Bertz CT molecular complexity index is 391. The Labute approximate surface area is 135 Å². The van der Waals surface area contributed by atoms with Crippen LogP contribution in [-0.4, -0.2) is 37.6 Å². The molecule has 0 radical (unpaired) electrons. The lowest BCUT2D eigenvalue weighted by Crippen LogP contribution is -2.38. The van der Waals surface area contributed by atoms with Gasteiger partial charge in [-0.3, -0.25) is 4.99 Å². The number of unbranched alkanes of at least 4 members (excludes halogenated alkanes) is 4. The predicted molar refractivity (Wildman–Crippen MR) is 95.5 cm³/mol. The van der Waals surface area contributed by atoms with Crippen LogP contribution < -0.4 is 16.0 Å². The smallest absolute Gasteiger partial charge is 0.190 e. The Balaban J connectivity index is 1.97. The molecule has 1 rings (SSSR count). The van der Waals surface area contributed by atoms with Crippen molar-refractivity contribution in [3.63, 3.8) is 0 Å². The fourth-order valence-corrected chi connectivity index (χ4v) is 2.12. The molecule has 0 amide bonds. The van der Waals surface area contributed by atoms with E-state index in [0.717, 1.165) is 44.3 Å². The molecule has 0 aliphatic heterocycles. The molecule has 0 bridgehead atoms. The quantitative estimate of drug-likeness (QED) is 0.334. The third-order valence-corrected chi connectivity index (χ3v) is 3.41. The maximum Gasteiger partial charge on any atom is 0.190 e. The van der Waals surface area contributed by atoms with Gasteiger partial charge >= 0.3 is 0 Å². The van der Waals surface area contributed by atoms with Crippen LogP contribution in [0, 0.1) is 0 Å². The summed E-state index contributed by atoms with van der Waals surface area (Å²) in [6.45, 7) is 5.12. The van der Waals surface area contributed by atoms with Crippen molar-refractivity contribution in [1.82, 2.24) is 15.6 Å². The maximum absolute atomic E-state index is 4.24. The molecule has 0 saturated carbocycles. The Kier molecular flexibility index (Phi) is 10.7. The molecule has 0 aromatic carbocycles. The van der Waals surface area contributed by atoms with Gasteiger partial charge in [0, 0.05) is 32.9 Å². The van der Waals surface area contributed by atoms with Crippen molar-refractivity contribution in [2.24, 2.45) is 4.99 Å². The van der Waals surface area contributed by atoms with Gasteiger partial charge in [0.1, 0.15) is 5.82 Å². The largest absolute Gasteiger partial charge is 0.370 e. The standard InChI is InChI=1S/C17H31N5/c1-3-4-5-7-14-21-17(18-2)22-15-10-9-13-20-16-11-6-8-12-19-16/h6,8,11-12H,3-5,7,9-10,13-15H2,1-2H3,(H,19,20)(H2,18,21,22). The van der Waals surface area contributed by atoms with E-state index in [1.165, 1.54) is 25.7 Å². The molecule has 0 aliphatic carbocycles. The van der Waals surface area contributed by atoms with Crippen molar-refractivity contribution >= 4 is 11.8 Å². The van der Waals surface area contributed by atoms with Gasteiger partial charge < -0.3 is 16.0 Å². The van der Waals surface area contributed by atoms with E-state index in [2.05, 4.69) is 32.9 Å². The first-order valence-electron chi connectivity index (χ1n) is 8.46.